The van der Waals surface area contributed by atoms with Crippen LogP contribution in [0.3, 0.4) is 0 Å². The zero-order chi connectivity index (χ0) is 12.4. The Morgan fingerprint density at radius 2 is 2.31 bits per heavy atom. The molecule has 0 spiro atoms. The smallest absolute Gasteiger partial charge is 0.257 e. The second-order valence-corrected chi connectivity index (χ2v) is 3.10. The lowest BCUT2D eigenvalue weighted by Crippen LogP contribution is -2.27. The number of rotatable bonds is 7. The van der Waals surface area contributed by atoms with Crippen LogP contribution in [-0.2, 0) is 9.53 Å². The third-order valence-corrected chi connectivity index (χ3v) is 1.74. The Kier molecular flexibility index (Phi) is 8.25. The van der Waals surface area contributed by atoms with Crippen LogP contribution in [0.1, 0.15) is 13.3 Å². The third kappa shape index (κ3) is 7.06. The minimum absolute atomic E-state index is 0.154. The highest BCUT2D eigenvalue weighted by Gasteiger charge is 2.02. The second-order valence-electron chi connectivity index (χ2n) is 2.88. The van der Waals surface area contributed by atoms with Gasteiger partial charge in [-0.05, 0) is 12.5 Å². The average Bonchev–Trinajstić information content (AvgIpc) is 2.31. The molecule has 0 rings (SSSR count). The van der Waals surface area contributed by atoms with Gasteiger partial charge in [-0.1, -0.05) is 25.1 Å². The molecule has 0 saturated carbocycles. The van der Waals surface area contributed by atoms with Crippen molar-refractivity contribution in [2.45, 2.75) is 13.3 Å². The van der Waals surface area contributed by atoms with Crippen molar-refractivity contribution in [3.8, 4) is 0 Å². The lowest BCUT2D eigenvalue weighted by Gasteiger charge is -2.06. The molecule has 0 aromatic rings. The van der Waals surface area contributed by atoms with Crippen LogP contribution in [0.4, 0.5) is 4.39 Å². The maximum atomic E-state index is 12.7. The Balaban J connectivity index is 4.10. The van der Waals surface area contributed by atoms with Gasteiger partial charge in [-0.2, -0.15) is 0 Å². The van der Waals surface area contributed by atoms with Crippen molar-refractivity contribution in [1.82, 2.24) is 5.32 Å². The predicted octanol–water partition coefficient (Wildman–Crippen LogP) is 2.65. The van der Waals surface area contributed by atoms with Gasteiger partial charge in [-0.25, -0.2) is 4.39 Å². The molecule has 5 heteroatoms. The first-order valence-electron chi connectivity index (χ1n) is 4.83. The summed E-state index contributed by atoms with van der Waals surface area (Å²) in [7, 11) is 0. The minimum Gasteiger partial charge on any atom is -0.484 e. The molecule has 3 nitrogen and oxygen atoms in total. The molecule has 0 radical (unpaired) electrons. The van der Waals surface area contributed by atoms with Crippen molar-refractivity contribution in [3.05, 3.63) is 35.9 Å². The molecule has 0 saturated heterocycles. The van der Waals surface area contributed by atoms with Crippen LogP contribution in [0.2, 0.25) is 0 Å². The molecule has 0 bridgehead atoms. The van der Waals surface area contributed by atoms with E-state index in [-0.39, 0.29) is 18.3 Å². The second kappa shape index (κ2) is 8.97. The van der Waals surface area contributed by atoms with Crippen molar-refractivity contribution in [3.63, 3.8) is 0 Å². The number of carbonyl (C=O) groups is 1. The van der Waals surface area contributed by atoms with Crippen LogP contribution < -0.4 is 5.32 Å². The van der Waals surface area contributed by atoms with Crippen LogP contribution in [0.25, 0.3) is 0 Å². The van der Waals surface area contributed by atoms with E-state index < -0.39 is 5.83 Å². The fraction of sp³-hybridized carbons (Fsp3) is 0.364. The van der Waals surface area contributed by atoms with Gasteiger partial charge in [0.15, 0.2) is 6.61 Å². The Morgan fingerprint density at radius 3 is 2.81 bits per heavy atom. The van der Waals surface area contributed by atoms with E-state index in [1.807, 2.05) is 6.92 Å². The summed E-state index contributed by atoms with van der Waals surface area (Å²) < 4.78 is 17.7. The standard InChI is InChI=1S/C11H15ClFNO2/c1-3-5-14-11(15)8-16-10(4-2)6-9(13)7-12/h4,6-7H,2-3,5,8H2,1H3,(H,14,15)/b9-7-,10-6+. The topological polar surface area (TPSA) is 38.3 Å². The Bertz CT molecular complexity index is 300. The Morgan fingerprint density at radius 1 is 1.62 bits per heavy atom. The summed E-state index contributed by atoms with van der Waals surface area (Å²) in [6.45, 7) is 5.78. The number of halogens is 2. The number of carbonyl (C=O) groups excluding carboxylic acids is 1. The van der Waals surface area contributed by atoms with Gasteiger partial charge in [0.25, 0.3) is 5.91 Å². The lowest BCUT2D eigenvalue weighted by atomic mass is 10.4. The molecule has 0 heterocycles. The van der Waals surface area contributed by atoms with E-state index in [2.05, 4.69) is 11.9 Å². The molecule has 0 aromatic heterocycles. The van der Waals surface area contributed by atoms with Crippen molar-refractivity contribution in [1.29, 1.82) is 0 Å². The van der Waals surface area contributed by atoms with E-state index in [1.165, 1.54) is 6.08 Å². The Hall–Kier alpha value is -1.29. The van der Waals surface area contributed by atoms with Crippen molar-refractivity contribution >= 4 is 17.5 Å². The predicted molar refractivity (Wildman–Crippen MR) is 62.6 cm³/mol. The van der Waals surface area contributed by atoms with E-state index in [1.54, 1.807) is 0 Å². The molecular weight excluding hydrogens is 233 g/mol. The molecule has 0 fully saturated rings. The van der Waals surface area contributed by atoms with Gasteiger partial charge in [-0.3, -0.25) is 4.79 Å². The number of nitrogens with one attached hydrogen (secondary N) is 1. The molecule has 0 aliphatic rings. The highest BCUT2D eigenvalue weighted by atomic mass is 35.5. The quantitative estimate of drug-likeness (QED) is 0.555. The molecule has 1 N–H and O–H groups in total. The van der Waals surface area contributed by atoms with Gasteiger partial charge in [0.2, 0.25) is 0 Å². The van der Waals surface area contributed by atoms with E-state index >= 15 is 0 Å². The fourth-order valence-corrected chi connectivity index (χ4v) is 0.854. The normalized spacial score (nSPS) is 12.2. The van der Waals surface area contributed by atoms with Gasteiger partial charge in [0.1, 0.15) is 11.6 Å². The lowest BCUT2D eigenvalue weighted by molar-refractivity contribution is -0.124. The number of hydrogen-bond donors (Lipinski definition) is 1. The molecule has 0 aliphatic carbocycles. The summed E-state index contributed by atoms with van der Waals surface area (Å²) in [5, 5.41) is 2.62. The van der Waals surface area contributed by atoms with Crippen LogP contribution in [0.5, 0.6) is 0 Å². The zero-order valence-electron chi connectivity index (χ0n) is 9.13. The van der Waals surface area contributed by atoms with E-state index in [0.717, 1.165) is 18.0 Å². The number of amides is 1. The summed E-state index contributed by atoms with van der Waals surface area (Å²) >= 11 is 5.13. The Labute approximate surface area is 99.6 Å². The first-order valence-corrected chi connectivity index (χ1v) is 5.27. The van der Waals surface area contributed by atoms with Crippen molar-refractivity contribution < 1.29 is 13.9 Å². The van der Waals surface area contributed by atoms with Crippen molar-refractivity contribution in [2.24, 2.45) is 0 Å². The first-order chi connectivity index (χ1) is 7.63. The molecule has 0 atom stereocenters. The zero-order valence-corrected chi connectivity index (χ0v) is 9.89. The van der Waals surface area contributed by atoms with Gasteiger partial charge in [-0.15, -0.1) is 0 Å². The van der Waals surface area contributed by atoms with Gasteiger partial charge in [0.05, 0.1) is 0 Å². The highest BCUT2D eigenvalue weighted by Crippen LogP contribution is 2.07. The molecule has 0 aliphatic heterocycles. The van der Waals surface area contributed by atoms with Crippen LogP contribution in [0.15, 0.2) is 35.9 Å². The number of ether oxygens (including phenoxy) is 1. The molecule has 90 valence electrons. The van der Waals surface area contributed by atoms with E-state index in [0.29, 0.717) is 6.54 Å². The van der Waals surface area contributed by atoms with Crippen LogP contribution >= 0.6 is 11.6 Å². The van der Waals surface area contributed by atoms with Crippen LogP contribution in [0, 0.1) is 0 Å². The number of hydrogen-bond acceptors (Lipinski definition) is 2. The SMILES string of the molecule is C=C/C(=C\C(F)=C\Cl)OCC(=O)NCCC. The van der Waals surface area contributed by atoms with E-state index in [4.69, 9.17) is 16.3 Å². The molecule has 0 unspecified atom stereocenters. The summed E-state index contributed by atoms with van der Waals surface area (Å²) in [5.74, 6) is -0.767. The summed E-state index contributed by atoms with van der Waals surface area (Å²) in [6.07, 6.45) is 3.19. The van der Waals surface area contributed by atoms with E-state index in [9.17, 15) is 9.18 Å². The molecule has 1 amide bonds. The minimum atomic E-state index is -0.662. The summed E-state index contributed by atoms with van der Waals surface area (Å²) in [4.78, 5) is 11.1. The maximum absolute atomic E-state index is 12.7. The number of allylic oxidation sites excluding steroid dienone is 3. The third-order valence-electron chi connectivity index (χ3n) is 1.53. The van der Waals surface area contributed by atoms with Crippen molar-refractivity contribution in [2.75, 3.05) is 13.2 Å². The molecular formula is C11H15ClFNO2. The van der Waals surface area contributed by atoms with Crippen LogP contribution in [-0.4, -0.2) is 19.1 Å². The molecule has 0 aromatic carbocycles. The van der Waals surface area contributed by atoms with Gasteiger partial charge in [0, 0.05) is 18.2 Å². The monoisotopic (exact) mass is 247 g/mol. The maximum Gasteiger partial charge on any atom is 0.257 e. The molecule has 16 heavy (non-hydrogen) atoms. The summed E-state index contributed by atoms with van der Waals surface area (Å²) in [6, 6.07) is 0. The highest BCUT2D eigenvalue weighted by molar-refractivity contribution is 6.25. The summed E-state index contributed by atoms with van der Waals surface area (Å²) in [5.41, 5.74) is 0.768. The van der Waals surface area contributed by atoms with Gasteiger partial charge < -0.3 is 10.1 Å². The first kappa shape index (κ1) is 14.7. The van der Waals surface area contributed by atoms with Gasteiger partial charge >= 0.3 is 0 Å². The average molecular weight is 248 g/mol. The fourth-order valence-electron chi connectivity index (χ4n) is 0.791. The largest absolute Gasteiger partial charge is 0.484 e.